The second kappa shape index (κ2) is 13.7. The first kappa shape index (κ1) is 33.1. The maximum atomic E-state index is 13.0. The van der Waals surface area contributed by atoms with Gasteiger partial charge in [-0.15, -0.1) is 0 Å². The number of alkyl halides is 6. The molecule has 2 aromatic carbocycles. The number of hydrogen-bond donors (Lipinski definition) is 2. The number of amides is 3. The molecule has 2 atom stereocenters. The Morgan fingerprint density at radius 2 is 1.67 bits per heavy atom. The monoisotopic (exact) mass is 624 g/mol. The fraction of sp³-hybridized carbons (Fsp3) is 0.481. The fourth-order valence-corrected chi connectivity index (χ4v) is 6.01. The van der Waals surface area contributed by atoms with Crippen LogP contribution in [0.25, 0.3) is 0 Å². The Hall–Kier alpha value is -3.36. The number of nitrogens with zero attached hydrogens (tertiary/aromatic N) is 2. The van der Waals surface area contributed by atoms with Crippen molar-refractivity contribution in [1.29, 1.82) is 0 Å². The number of anilines is 1. The number of rotatable bonds is 5. The van der Waals surface area contributed by atoms with Crippen LogP contribution in [0.5, 0.6) is 0 Å². The van der Waals surface area contributed by atoms with E-state index in [9.17, 15) is 44.5 Å². The van der Waals surface area contributed by atoms with Crippen molar-refractivity contribution in [3.63, 3.8) is 0 Å². The minimum atomic E-state index is -5.47. The lowest BCUT2D eigenvalue weighted by atomic mass is 9.93. The number of hydrogen-bond acceptors (Lipinski definition) is 3. The van der Waals surface area contributed by atoms with Crippen LogP contribution < -0.4 is 14.9 Å². The quantitative estimate of drug-likeness (QED) is 0.436. The summed E-state index contributed by atoms with van der Waals surface area (Å²) in [5.41, 5.74) is -0.327. The van der Waals surface area contributed by atoms with E-state index in [0.29, 0.717) is 31.7 Å². The van der Waals surface area contributed by atoms with Crippen molar-refractivity contribution < 1.29 is 44.5 Å². The zero-order valence-electron chi connectivity index (χ0n) is 22.8. The van der Waals surface area contributed by atoms with Crippen molar-refractivity contribution >= 4 is 28.6 Å². The van der Waals surface area contributed by atoms with Gasteiger partial charge in [-0.05, 0) is 67.6 Å². The smallest absolute Gasteiger partial charge is 0.341 e. The van der Waals surface area contributed by atoms with Gasteiger partial charge in [0.15, 0.2) is 16.9 Å². The van der Waals surface area contributed by atoms with Crippen molar-refractivity contribution in [2.75, 3.05) is 30.5 Å². The van der Waals surface area contributed by atoms with Crippen molar-refractivity contribution in [1.82, 2.24) is 15.5 Å². The van der Waals surface area contributed by atoms with E-state index in [2.05, 4.69) is 10.6 Å². The third kappa shape index (κ3) is 8.58. The molecule has 2 aliphatic heterocycles. The molecule has 3 amide bonds. The summed E-state index contributed by atoms with van der Waals surface area (Å²) in [5, 5.41) is 5.48. The Morgan fingerprint density at radius 1 is 1.02 bits per heavy atom. The molecule has 1 fully saturated rings. The van der Waals surface area contributed by atoms with Gasteiger partial charge in [-0.25, -0.2) is 13.4 Å². The summed E-state index contributed by atoms with van der Waals surface area (Å²) in [6, 6.07) is 7.62. The Kier molecular flexibility index (Phi) is 10.8. The Morgan fingerprint density at radius 3 is 2.21 bits per heavy atom. The predicted molar refractivity (Wildman–Crippen MR) is 143 cm³/mol. The molecule has 0 aliphatic carbocycles. The number of fused-ring (bicyclic) bond motifs is 1. The number of aryl methyl sites for hydroxylation is 1. The lowest BCUT2D eigenvalue weighted by molar-refractivity contribution is -0.253. The second-order valence-electron chi connectivity index (χ2n) is 9.77. The molecule has 2 N–H and O–H groups in total. The van der Waals surface area contributed by atoms with Crippen LogP contribution in [0.3, 0.4) is 0 Å². The summed E-state index contributed by atoms with van der Waals surface area (Å²) >= 11 is 0. The van der Waals surface area contributed by atoms with E-state index in [4.69, 9.17) is 0 Å². The molecular formula is C27H31F7N4O3S. The van der Waals surface area contributed by atoms with Crippen LogP contribution in [0, 0.1) is 5.82 Å². The molecule has 2 heterocycles. The van der Waals surface area contributed by atoms with Crippen LogP contribution in [0.1, 0.15) is 43.7 Å². The molecule has 1 unspecified atom stereocenters. The van der Waals surface area contributed by atoms with Gasteiger partial charge in [0, 0.05) is 39.1 Å². The third-order valence-electron chi connectivity index (χ3n) is 6.69. The van der Waals surface area contributed by atoms with Gasteiger partial charge in [-0.1, -0.05) is 12.1 Å². The summed E-state index contributed by atoms with van der Waals surface area (Å²) in [4.78, 5) is 24.2. The molecule has 2 aromatic rings. The van der Waals surface area contributed by atoms with Crippen LogP contribution in [0.15, 0.2) is 47.4 Å². The first-order valence-electron chi connectivity index (χ1n) is 13.1. The Balaban J connectivity index is 0.000000291. The lowest BCUT2D eigenvalue weighted by Gasteiger charge is -2.31. The molecular weight excluding hydrogens is 593 g/mol. The largest absolute Gasteiger partial charge is 0.404 e. The molecule has 0 spiro atoms. The molecule has 0 bridgehead atoms. The van der Waals surface area contributed by atoms with Gasteiger partial charge in [0.1, 0.15) is 5.82 Å². The molecule has 1 saturated heterocycles. The van der Waals surface area contributed by atoms with Gasteiger partial charge in [0.25, 0.3) is 0 Å². The van der Waals surface area contributed by atoms with E-state index < -0.39 is 40.6 Å². The van der Waals surface area contributed by atoms with E-state index in [1.54, 1.807) is 11.8 Å². The maximum Gasteiger partial charge on any atom is 0.404 e. The van der Waals surface area contributed by atoms with Crippen LogP contribution >= 0.6 is 0 Å². The molecule has 4 rings (SSSR count). The van der Waals surface area contributed by atoms with E-state index in [1.165, 1.54) is 16.4 Å². The summed E-state index contributed by atoms with van der Waals surface area (Å²) in [7, 11) is -1.77. The van der Waals surface area contributed by atoms with Crippen molar-refractivity contribution in [3.05, 3.63) is 59.4 Å². The van der Waals surface area contributed by atoms with Crippen molar-refractivity contribution in [2.24, 2.45) is 0 Å². The molecule has 0 saturated carbocycles. The van der Waals surface area contributed by atoms with Gasteiger partial charge >= 0.3 is 18.4 Å². The molecule has 2 aliphatic rings. The molecule has 15 heteroatoms. The van der Waals surface area contributed by atoms with Gasteiger partial charge in [-0.3, -0.25) is 9.10 Å². The van der Waals surface area contributed by atoms with E-state index in [0.717, 1.165) is 43.3 Å². The number of halogens is 7. The second-order valence-corrected chi connectivity index (χ2v) is 11.2. The molecule has 0 radical (unpaired) electrons. The third-order valence-corrected chi connectivity index (χ3v) is 8.14. The van der Waals surface area contributed by atoms with Crippen LogP contribution in [-0.2, 0) is 22.2 Å². The zero-order chi connectivity index (χ0) is 31.2. The average molecular weight is 625 g/mol. The first-order chi connectivity index (χ1) is 19.6. The summed E-state index contributed by atoms with van der Waals surface area (Å²) in [6.45, 7) is 5.72. The van der Waals surface area contributed by atoms with Crippen LogP contribution in [-0.4, -0.2) is 65.6 Å². The highest BCUT2D eigenvalue weighted by Crippen LogP contribution is 2.47. The topological polar surface area (TPSA) is 81.8 Å². The van der Waals surface area contributed by atoms with E-state index in [1.807, 2.05) is 6.92 Å². The number of urea groups is 1. The summed E-state index contributed by atoms with van der Waals surface area (Å²) < 4.78 is 105. The van der Waals surface area contributed by atoms with E-state index in [-0.39, 0.29) is 34.9 Å². The Bertz CT molecular complexity index is 1260. The first-order valence-corrected chi connectivity index (χ1v) is 14.2. The minimum Gasteiger partial charge on any atom is -0.341 e. The predicted octanol–water partition coefficient (Wildman–Crippen LogP) is 5.44. The van der Waals surface area contributed by atoms with E-state index >= 15 is 0 Å². The molecule has 7 nitrogen and oxygen atoms in total. The van der Waals surface area contributed by atoms with Crippen molar-refractivity contribution in [2.45, 2.75) is 62.3 Å². The van der Waals surface area contributed by atoms with Crippen LogP contribution in [0.2, 0.25) is 0 Å². The number of carbonyl (C=O) groups excluding carboxylic acids is 2. The van der Waals surface area contributed by atoms with Gasteiger partial charge in [0.05, 0.1) is 10.6 Å². The maximum absolute atomic E-state index is 13.0. The number of benzene rings is 2. The summed E-state index contributed by atoms with van der Waals surface area (Å²) in [6.07, 6.45) is -9.43. The zero-order valence-corrected chi connectivity index (χ0v) is 23.6. The molecule has 232 valence electrons. The molecule has 0 aromatic heterocycles. The number of likely N-dealkylation sites (tertiary alicyclic amines) is 1. The van der Waals surface area contributed by atoms with Gasteiger partial charge < -0.3 is 15.5 Å². The average Bonchev–Trinajstić information content (AvgIpc) is 3.36. The lowest BCUT2D eigenvalue weighted by Crippen LogP contribution is -2.43. The fourth-order valence-electron chi connectivity index (χ4n) is 4.74. The Labute approximate surface area is 241 Å². The van der Waals surface area contributed by atoms with Gasteiger partial charge in [-0.2, -0.15) is 26.3 Å². The van der Waals surface area contributed by atoms with Crippen molar-refractivity contribution in [3.8, 4) is 0 Å². The van der Waals surface area contributed by atoms with Gasteiger partial charge in [0.2, 0.25) is 5.91 Å². The summed E-state index contributed by atoms with van der Waals surface area (Å²) in [5.74, 6) is -4.02. The SMILES string of the molecule is CCNC(=O)N[C@H]1CCN(C(C)=O)C1.O=S(c1ccc(F)cc1)N1CCCc2cc(C(C(F)(F)F)C(F)(F)F)ccc21. The standard InChI is InChI=1S/C18H14F7NOS.C9H17N3O2/c19-13-4-6-14(7-5-13)28(27)26-9-1-2-11-10-12(3-8-15(11)26)16(17(20,21)22)18(23,24)25;1-3-10-9(14)11-8-4-5-12(6-8)7(2)13/h3-8,10,16H,1-2,9H2;8H,3-6H2,1-2H3,(H2,10,11,14)/t;8-/m.0/s1. The highest BCUT2D eigenvalue weighted by Gasteiger charge is 2.57. The van der Waals surface area contributed by atoms with Crippen LogP contribution in [0.4, 0.5) is 41.2 Å². The minimum absolute atomic E-state index is 0.0743. The molecule has 42 heavy (non-hydrogen) atoms. The highest BCUT2D eigenvalue weighted by molar-refractivity contribution is 7.86. The highest BCUT2D eigenvalue weighted by atomic mass is 32.2. The number of carbonyl (C=O) groups is 2. The normalized spacial score (nSPS) is 17.7. The number of nitrogens with one attached hydrogen (secondary N) is 2.